The molecule has 0 atom stereocenters. The molecule has 2 aromatic carbocycles. The number of carboxylic acids is 1. The molecule has 22 heavy (non-hydrogen) atoms. The van der Waals surface area contributed by atoms with Crippen LogP contribution in [0.25, 0.3) is 6.08 Å². The third kappa shape index (κ3) is 2.22. The minimum absolute atomic E-state index is 0.0517. The van der Waals surface area contributed by atoms with E-state index in [1.165, 1.54) is 48.5 Å². The Morgan fingerprint density at radius 3 is 2.23 bits per heavy atom. The van der Waals surface area contributed by atoms with E-state index in [1.807, 2.05) is 0 Å². The fourth-order valence-electron chi connectivity index (χ4n) is 2.31. The van der Waals surface area contributed by atoms with E-state index in [2.05, 4.69) is 0 Å². The van der Waals surface area contributed by atoms with E-state index in [0.717, 1.165) is 0 Å². The van der Waals surface area contributed by atoms with E-state index >= 15 is 0 Å². The summed E-state index contributed by atoms with van der Waals surface area (Å²) in [6.07, 6.45) is 1.38. The van der Waals surface area contributed by atoms with Crippen LogP contribution in [0.1, 0.15) is 36.6 Å². The highest BCUT2D eigenvalue weighted by Gasteiger charge is 2.33. The number of aromatic carboxylic acids is 1. The molecule has 0 aromatic heterocycles. The number of hydrogen-bond donors (Lipinski definition) is 1. The van der Waals surface area contributed by atoms with Crippen molar-refractivity contribution in [2.75, 3.05) is 0 Å². The molecule has 3 rings (SSSR count). The molecule has 1 N–H and O–H groups in total. The van der Waals surface area contributed by atoms with Crippen molar-refractivity contribution >= 4 is 23.6 Å². The SMILES string of the molecule is O=C(O)c1ccc2c(c1)C(=O)/C(=C\c1ccc(F)cc1)C2=O. The highest BCUT2D eigenvalue weighted by molar-refractivity contribution is 6.41. The summed E-state index contributed by atoms with van der Waals surface area (Å²) in [7, 11) is 0. The van der Waals surface area contributed by atoms with Gasteiger partial charge in [-0.05, 0) is 42.0 Å². The topological polar surface area (TPSA) is 71.4 Å². The van der Waals surface area contributed by atoms with Crippen LogP contribution in [0.2, 0.25) is 0 Å². The summed E-state index contributed by atoms with van der Waals surface area (Å²) in [5.41, 5.74) is 0.679. The molecule has 0 fully saturated rings. The van der Waals surface area contributed by atoms with Crippen molar-refractivity contribution in [1.82, 2.24) is 0 Å². The molecule has 108 valence electrons. The Bertz CT molecular complexity index is 847. The number of benzene rings is 2. The van der Waals surface area contributed by atoms with Gasteiger partial charge in [0, 0.05) is 11.1 Å². The first-order valence-electron chi connectivity index (χ1n) is 6.41. The molecule has 0 spiro atoms. The van der Waals surface area contributed by atoms with Gasteiger partial charge in [-0.3, -0.25) is 9.59 Å². The number of carbonyl (C=O) groups is 3. The largest absolute Gasteiger partial charge is 0.478 e. The fourth-order valence-corrected chi connectivity index (χ4v) is 2.31. The van der Waals surface area contributed by atoms with Crippen molar-refractivity contribution in [3.8, 4) is 0 Å². The number of hydrogen-bond acceptors (Lipinski definition) is 3. The van der Waals surface area contributed by atoms with Gasteiger partial charge >= 0.3 is 5.97 Å². The Kier molecular flexibility index (Phi) is 3.18. The molecule has 0 bridgehead atoms. The summed E-state index contributed by atoms with van der Waals surface area (Å²) in [6, 6.07) is 9.18. The molecule has 0 unspecified atom stereocenters. The van der Waals surface area contributed by atoms with Gasteiger partial charge in [0.1, 0.15) is 5.82 Å². The third-order valence-electron chi connectivity index (χ3n) is 3.43. The summed E-state index contributed by atoms with van der Waals surface area (Å²) in [4.78, 5) is 35.5. The van der Waals surface area contributed by atoms with Gasteiger partial charge < -0.3 is 5.11 Å². The number of fused-ring (bicyclic) bond motifs is 1. The normalized spacial score (nSPS) is 15.2. The van der Waals surface area contributed by atoms with Crippen molar-refractivity contribution in [2.24, 2.45) is 0 Å². The summed E-state index contributed by atoms with van der Waals surface area (Å²) < 4.78 is 12.9. The number of rotatable bonds is 2. The lowest BCUT2D eigenvalue weighted by Gasteiger charge is -1.97. The number of halogens is 1. The van der Waals surface area contributed by atoms with Gasteiger partial charge in [-0.25, -0.2) is 9.18 Å². The lowest BCUT2D eigenvalue weighted by molar-refractivity contribution is 0.0696. The Hall–Kier alpha value is -3.08. The first-order valence-corrected chi connectivity index (χ1v) is 6.41. The van der Waals surface area contributed by atoms with Crippen LogP contribution in [0.5, 0.6) is 0 Å². The van der Waals surface area contributed by atoms with E-state index in [9.17, 15) is 18.8 Å². The third-order valence-corrected chi connectivity index (χ3v) is 3.43. The second-order valence-corrected chi connectivity index (χ2v) is 4.83. The van der Waals surface area contributed by atoms with Crippen LogP contribution < -0.4 is 0 Å². The molecular weight excluding hydrogens is 287 g/mol. The molecule has 0 saturated heterocycles. The van der Waals surface area contributed by atoms with Gasteiger partial charge in [0.2, 0.25) is 0 Å². The smallest absolute Gasteiger partial charge is 0.335 e. The Labute approximate surface area is 124 Å². The molecule has 1 aliphatic carbocycles. The number of ketones is 2. The Morgan fingerprint density at radius 1 is 0.955 bits per heavy atom. The number of carbonyl (C=O) groups excluding carboxylic acids is 2. The number of Topliss-reactive ketones (excluding diaryl/α,β-unsaturated/α-hetero) is 2. The monoisotopic (exact) mass is 296 g/mol. The van der Waals surface area contributed by atoms with Gasteiger partial charge in [0.25, 0.3) is 0 Å². The second-order valence-electron chi connectivity index (χ2n) is 4.83. The summed E-state index contributed by atoms with van der Waals surface area (Å²) in [5.74, 6) is -2.56. The van der Waals surface area contributed by atoms with Crippen LogP contribution in [0, 0.1) is 5.82 Å². The van der Waals surface area contributed by atoms with E-state index in [-0.39, 0.29) is 22.3 Å². The van der Waals surface area contributed by atoms with Crippen molar-refractivity contribution in [1.29, 1.82) is 0 Å². The maximum absolute atomic E-state index is 12.9. The van der Waals surface area contributed by atoms with Crippen LogP contribution in [-0.2, 0) is 0 Å². The van der Waals surface area contributed by atoms with E-state index < -0.39 is 23.4 Å². The molecule has 5 heteroatoms. The Morgan fingerprint density at radius 2 is 1.59 bits per heavy atom. The van der Waals surface area contributed by atoms with Crippen LogP contribution >= 0.6 is 0 Å². The quantitative estimate of drug-likeness (QED) is 0.683. The first-order chi connectivity index (χ1) is 10.5. The molecule has 0 heterocycles. The molecular formula is C17H9FO4. The van der Waals surface area contributed by atoms with Crippen LogP contribution in [0.4, 0.5) is 4.39 Å². The van der Waals surface area contributed by atoms with Gasteiger partial charge in [-0.1, -0.05) is 12.1 Å². The maximum Gasteiger partial charge on any atom is 0.335 e. The molecule has 1 aliphatic rings. The van der Waals surface area contributed by atoms with Crippen molar-refractivity contribution < 1.29 is 23.9 Å². The predicted molar refractivity (Wildman–Crippen MR) is 76.4 cm³/mol. The average molecular weight is 296 g/mol. The van der Waals surface area contributed by atoms with Gasteiger partial charge in [-0.15, -0.1) is 0 Å². The van der Waals surface area contributed by atoms with Crippen molar-refractivity contribution in [3.63, 3.8) is 0 Å². The van der Waals surface area contributed by atoms with E-state index in [0.29, 0.717) is 5.56 Å². The summed E-state index contributed by atoms with van der Waals surface area (Å²) >= 11 is 0. The first kappa shape index (κ1) is 13.9. The van der Waals surface area contributed by atoms with Gasteiger partial charge in [-0.2, -0.15) is 0 Å². The predicted octanol–water partition coefficient (Wildman–Crippen LogP) is 2.99. The van der Waals surface area contributed by atoms with Crippen molar-refractivity contribution in [3.05, 3.63) is 76.1 Å². The number of carboxylic acid groups (broad SMARTS) is 1. The summed E-state index contributed by atoms with van der Waals surface area (Å²) in [6.45, 7) is 0. The molecule has 4 nitrogen and oxygen atoms in total. The molecule has 0 saturated carbocycles. The maximum atomic E-state index is 12.9. The lowest BCUT2D eigenvalue weighted by Crippen LogP contribution is -2.01. The zero-order chi connectivity index (χ0) is 15.9. The molecule has 2 aromatic rings. The second kappa shape index (κ2) is 5.04. The fraction of sp³-hybridized carbons (Fsp3) is 0. The van der Waals surface area contributed by atoms with E-state index in [4.69, 9.17) is 5.11 Å². The Balaban J connectivity index is 2.06. The van der Waals surface area contributed by atoms with Crippen LogP contribution in [0.15, 0.2) is 48.0 Å². The van der Waals surface area contributed by atoms with E-state index in [1.54, 1.807) is 0 Å². The zero-order valence-corrected chi connectivity index (χ0v) is 11.2. The standard InChI is InChI=1S/C17H9FO4/c18-11-4-1-9(2-5-11)7-14-15(19)12-6-3-10(17(21)22)8-13(12)16(14)20/h1-8H,(H,21,22)/b14-7-. The molecule has 0 amide bonds. The zero-order valence-electron chi connectivity index (χ0n) is 11.2. The highest BCUT2D eigenvalue weighted by atomic mass is 19.1. The minimum Gasteiger partial charge on any atom is -0.478 e. The highest BCUT2D eigenvalue weighted by Crippen LogP contribution is 2.28. The minimum atomic E-state index is -1.17. The van der Waals surface area contributed by atoms with Crippen LogP contribution in [-0.4, -0.2) is 22.6 Å². The van der Waals surface area contributed by atoms with Crippen molar-refractivity contribution in [2.45, 2.75) is 0 Å². The summed E-state index contributed by atoms with van der Waals surface area (Å²) in [5, 5.41) is 8.95. The average Bonchev–Trinajstić information content (AvgIpc) is 2.74. The molecule has 0 aliphatic heterocycles. The number of allylic oxidation sites excluding steroid dienone is 1. The van der Waals surface area contributed by atoms with Crippen LogP contribution in [0.3, 0.4) is 0 Å². The van der Waals surface area contributed by atoms with Gasteiger partial charge in [0.05, 0.1) is 11.1 Å². The lowest BCUT2D eigenvalue weighted by atomic mass is 10.1. The molecule has 0 radical (unpaired) electrons. The van der Waals surface area contributed by atoms with Gasteiger partial charge in [0.15, 0.2) is 11.6 Å².